The van der Waals surface area contributed by atoms with Crippen molar-refractivity contribution in [2.45, 2.75) is 16.6 Å². The van der Waals surface area contributed by atoms with Crippen LogP contribution in [0.4, 0.5) is 0 Å². The van der Waals surface area contributed by atoms with Gasteiger partial charge in [0, 0.05) is 10.5 Å². The SMILES string of the molecule is O=C(Oc1ccccc1-c1ccccc1)C1Cc2ccccc2S1. The maximum absolute atomic E-state index is 12.6. The molecule has 2 nitrogen and oxygen atoms in total. The zero-order valence-electron chi connectivity index (χ0n) is 13.0. The van der Waals surface area contributed by atoms with Gasteiger partial charge in [0.25, 0.3) is 0 Å². The molecule has 3 aromatic carbocycles. The van der Waals surface area contributed by atoms with Gasteiger partial charge in [-0.3, -0.25) is 4.79 Å². The largest absolute Gasteiger partial charge is 0.425 e. The number of esters is 1. The minimum absolute atomic E-state index is 0.175. The first kappa shape index (κ1) is 15.0. The summed E-state index contributed by atoms with van der Waals surface area (Å²) in [6.07, 6.45) is 0.729. The third kappa shape index (κ3) is 2.95. The van der Waals surface area contributed by atoms with E-state index < -0.39 is 0 Å². The number of hydrogen-bond acceptors (Lipinski definition) is 3. The van der Waals surface area contributed by atoms with E-state index in [4.69, 9.17) is 4.74 Å². The van der Waals surface area contributed by atoms with Crippen molar-refractivity contribution in [3.05, 3.63) is 84.4 Å². The van der Waals surface area contributed by atoms with Gasteiger partial charge >= 0.3 is 5.97 Å². The van der Waals surface area contributed by atoms with Crippen LogP contribution in [0, 0.1) is 0 Å². The summed E-state index contributed by atoms with van der Waals surface area (Å²) in [5.41, 5.74) is 3.20. The van der Waals surface area contributed by atoms with Crippen molar-refractivity contribution >= 4 is 17.7 Å². The number of benzene rings is 3. The van der Waals surface area contributed by atoms with E-state index in [1.165, 1.54) is 10.5 Å². The number of thioether (sulfide) groups is 1. The molecule has 0 aromatic heterocycles. The summed E-state index contributed by atoms with van der Waals surface area (Å²) in [4.78, 5) is 13.8. The van der Waals surface area contributed by atoms with Gasteiger partial charge in [-0.2, -0.15) is 0 Å². The molecule has 0 fully saturated rings. The predicted molar refractivity (Wildman–Crippen MR) is 97.3 cm³/mol. The maximum atomic E-state index is 12.6. The second kappa shape index (κ2) is 6.54. The van der Waals surface area contributed by atoms with E-state index in [2.05, 4.69) is 12.1 Å². The second-order valence-electron chi connectivity index (χ2n) is 5.70. The molecule has 1 unspecified atom stereocenters. The summed E-state index contributed by atoms with van der Waals surface area (Å²) >= 11 is 1.59. The van der Waals surface area contributed by atoms with E-state index in [9.17, 15) is 4.79 Å². The lowest BCUT2D eigenvalue weighted by atomic mass is 10.0. The molecule has 1 aliphatic rings. The number of carbonyl (C=O) groups is 1. The van der Waals surface area contributed by atoms with E-state index in [1.807, 2.05) is 66.7 Å². The second-order valence-corrected chi connectivity index (χ2v) is 6.95. The van der Waals surface area contributed by atoms with Gasteiger partial charge in [-0.15, -0.1) is 11.8 Å². The zero-order valence-corrected chi connectivity index (χ0v) is 13.8. The van der Waals surface area contributed by atoms with E-state index in [1.54, 1.807) is 11.8 Å². The van der Waals surface area contributed by atoms with E-state index in [-0.39, 0.29) is 11.2 Å². The molecular weight excluding hydrogens is 316 g/mol. The van der Waals surface area contributed by atoms with Gasteiger partial charge in [-0.25, -0.2) is 0 Å². The molecule has 118 valence electrons. The molecule has 24 heavy (non-hydrogen) atoms. The lowest BCUT2D eigenvalue weighted by Crippen LogP contribution is -2.22. The number of rotatable bonds is 3. The molecule has 0 aliphatic carbocycles. The van der Waals surface area contributed by atoms with Crippen molar-refractivity contribution < 1.29 is 9.53 Å². The van der Waals surface area contributed by atoms with Gasteiger partial charge < -0.3 is 4.74 Å². The molecule has 0 radical (unpaired) electrons. The third-order valence-corrected chi connectivity index (χ3v) is 5.39. The fourth-order valence-corrected chi connectivity index (χ4v) is 4.07. The number of fused-ring (bicyclic) bond motifs is 1. The fraction of sp³-hybridized carbons (Fsp3) is 0.0952. The van der Waals surface area contributed by atoms with Crippen LogP contribution in [0.25, 0.3) is 11.1 Å². The van der Waals surface area contributed by atoms with Crippen LogP contribution in [0.15, 0.2) is 83.8 Å². The van der Waals surface area contributed by atoms with Gasteiger partial charge in [0.2, 0.25) is 0 Å². The summed E-state index contributed by atoms with van der Waals surface area (Å²) in [7, 11) is 0. The Labute approximate surface area is 145 Å². The van der Waals surface area contributed by atoms with Crippen LogP contribution < -0.4 is 4.74 Å². The Morgan fingerprint density at radius 2 is 1.58 bits per heavy atom. The Balaban J connectivity index is 1.56. The molecular formula is C21H16O2S. The van der Waals surface area contributed by atoms with Gasteiger partial charge in [-0.05, 0) is 29.7 Å². The van der Waals surface area contributed by atoms with Crippen molar-refractivity contribution in [2.24, 2.45) is 0 Å². The van der Waals surface area contributed by atoms with Crippen LogP contribution in [0.2, 0.25) is 0 Å². The summed E-state index contributed by atoms with van der Waals surface area (Å²) in [6.45, 7) is 0. The molecule has 0 amide bonds. The minimum Gasteiger partial charge on any atom is -0.425 e. The summed E-state index contributed by atoms with van der Waals surface area (Å²) in [5, 5.41) is -0.175. The van der Waals surface area contributed by atoms with Crippen LogP contribution in [-0.2, 0) is 11.2 Å². The number of para-hydroxylation sites is 1. The Kier molecular flexibility index (Phi) is 4.09. The van der Waals surface area contributed by atoms with E-state index in [0.29, 0.717) is 5.75 Å². The smallest absolute Gasteiger partial charge is 0.325 e. The highest BCUT2D eigenvalue weighted by Crippen LogP contribution is 2.38. The first-order valence-corrected chi connectivity index (χ1v) is 8.80. The monoisotopic (exact) mass is 332 g/mol. The molecule has 0 bridgehead atoms. The van der Waals surface area contributed by atoms with Gasteiger partial charge in [0.15, 0.2) is 0 Å². The summed E-state index contributed by atoms with van der Waals surface area (Å²) < 4.78 is 5.76. The Hall–Kier alpha value is -2.52. The summed E-state index contributed by atoms with van der Waals surface area (Å²) in [5.74, 6) is 0.435. The molecule has 0 N–H and O–H groups in total. The zero-order chi connectivity index (χ0) is 16.4. The van der Waals surface area contributed by atoms with Crippen LogP contribution in [0.3, 0.4) is 0 Å². The van der Waals surface area contributed by atoms with Gasteiger partial charge in [-0.1, -0.05) is 66.7 Å². The first-order chi connectivity index (χ1) is 11.8. The Morgan fingerprint density at radius 1 is 0.875 bits per heavy atom. The third-order valence-electron chi connectivity index (χ3n) is 4.09. The Morgan fingerprint density at radius 3 is 2.42 bits per heavy atom. The van der Waals surface area contributed by atoms with Crippen LogP contribution in [0.1, 0.15) is 5.56 Å². The highest BCUT2D eigenvalue weighted by Gasteiger charge is 2.30. The molecule has 3 heteroatoms. The highest BCUT2D eigenvalue weighted by molar-refractivity contribution is 8.01. The topological polar surface area (TPSA) is 26.3 Å². The molecule has 0 saturated carbocycles. The predicted octanol–water partition coefficient (Wildman–Crippen LogP) is 4.98. The van der Waals surface area contributed by atoms with Gasteiger partial charge in [0.05, 0.1) is 0 Å². The van der Waals surface area contributed by atoms with Crippen molar-refractivity contribution in [3.8, 4) is 16.9 Å². The average Bonchev–Trinajstić information content (AvgIpc) is 3.07. The first-order valence-electron chi connectivity index (χ1n) is 7.92. The van der Waals surface area contributed by atoms with Crippen molar-refractivity contribution in [3.63, 3.8) is 0 Å². The van der Waals surface area contributed by atoms with Crippen molar-refractivity contribution in [2.75, 3.05) is 0 Å². The maximum Gasteiger partial charge on any atom is 0.325 e. The molecule has 0 spiro atoms. The van der Waals surface area contributed by atoms with E-state index in [0.717, 1.165) is 17.5 Å². The quantitative estimate of drug-likeness (QED) is 0.500. The minimum atomic E-state index is -0.181. The number of hydrogen-bond donors (Lipinski definition) is 0. The standard InChI is InChI=1S/C21H16O2S/c22-21(20-14-16-10-4-7-13-19(16)24-20)23-18-12-6-5-11-17(18)15-8-2-1-3-9-15/h1-13,20H,14H2. The molecule has 4 rings (SSSR count). The van der Waals surface area contributed by atoms with Crippen molar-refractivity contribution in [1.82, 2.24) is 0 Å². The number of carbonyl (C=O) groups excluding carboxylic acids is 1. The molecule has 0 saturated heterocycles. The molecule has 1 aliphatic heterocycles. The van der Waals surface area contributed by atoms with Crippen LogP contribution in [0.5, 0.6) is 5.75 Å². The lowest BCUT2D eigenvalue weighted by Gasteiger charge is -2.12. The molecule has 3 aromatic rings. The van der Waals surface area contributed by atoms with Crippen LogP contribution >= 0.6 is 11.8 Å². The fourth-order valence-electron chi connectivity index (χ4n) is 2.90. The highest BCUT2D eigenvalue weighted by atomic mass is 32.2. The van der Waals surface area contributed by atoms with Crippen molar-refractivity contribution in [1.29, 1.82) is 0 Å². The molecule has 1 atom stereocenters. The van der Waals surface area contributed by atoms with E-state index >= 15 is 0 Å². The van der Waals surface area contributed by atoms with Gasteiger partial charge in [0.1, 0.15) is 11.0 Å². The normalized spacial score (nSPS) is 15.8. The Bertz CT molecular complexity index is 849. The van der Waals surface area contributed by atoms with Crippen LogP contribution in [-0.4, -0.2) is 11.2 Å². The summed E-state index contributed by atoms with van der Waals surface area (Å²) in [6, 6.07) is 25.8. The molecule has 1 heterocycles. The average molecular weight is 332 g/mol. The number of ether oxygens (including phenoxy) is 1. The lowest BCUT2D eigenvalue weighted by molar-refractivity contribution is -0.133.